The minimum Gasteiger partial charge on any atom is -0.460 e. The van der Waals surface area contributed by atoms with E-state index in [0.29, 0.717) is 0 Å². The first-order valence-corrected chi connectivity index (χ1v) is 8.67. The molecule has 0 atom stereocenters. The number of furan rings is 1. The largest absolute Gasteiger partial charge is 0.460 e. The van der Waals surface area contributed by atoms with Crippen LogP contribution in [0.25, 0.3) is 21.7 Å². The van der Waals surface area contributed by atoms with Crippen LogP contribution in [0.4, 0.5) is 0 Å². The summed E-state index contributed by atoms with van der Waals surface area (Å²) in [4.78, 5) is 2.43. The minimum atomic E-state index is 0.950. The van der Waals surface area contributed by atoms with Gasteiger partial charge in [-0.1, -0.05) is 58.0 Å². The van der Waals surface area contributed by atoms with Crippen LogP contribution in [-0.2, 0) is 0 Å². The van der Waals surface area contributed by atoms with Crippen LogP contribution in [0.1, 0.15) is 5.76 Å². The Hall–Kier alpha value is -1.71. The Kier molecular flexibility index (Phi) is 3.47. The Morgan fingerprint density at radius 1 is 0.955 bits per heavy atom. The zero-order valence-corrected chi connectivity index (χ0v) is 14.4. The van der Waals surface area contributed by atoms with Gasteiger partial charge in [0.1, 0.15) is 11.3 Å². The summed E-state index contributed by atoms with van der Waals surface area (Å²) in [5, 5.41) is 3.66. The van der Waals surface area contributed by atoms with Crippen molar-refractivity contribution in [1.29, 1.82) is 0 Å². The molecule has 3 aromatic carbocycles. The molecule has 108 valence electrons. The van der Waals surface area contributed by atoms with Gasteiger partial charge in [0.2, 0.25) is 0 Å². The summed E-state index contributed by atoms with van der Waals surface area (Å²) < 4.78 is 7.07. The molecule has 1 heterocycles. The minimum absolute atomic E-state index is 0.950. The predicted molar refractivity (Wildman–Crippen MR) is 96.7 cm³/mol. The smallest absolute Gasteiger partial charge is 0.136 e. The molecule has 0 saturated heterocycles. The highest BCUT2D eigenvalue weighted by atomic mass is 79.9. The molecule has 0 aliphatic carbocycles. The van der Waals surface area contributed by atoms with Gasteiger partial charge < -0.3 is 4.42 Å². The zero-order valence-electron chi connectivity index (χ0n) is 12.0. The molecule has 0 radical (unpaired) electrons. The maximum Gasteiger partial charge on any atom is 0.136 e. The summed E-state index contributed by atoms with van der Waals surface area (Å²) in [6.45, 7) is 2.04. The van der Waals surface area contributed by atoms with Gasteiger partial charge in [0.15, 0.2) is 0 Å². The van der Waals surface area contributed by atoms with E-state index >= 15 is 0 Å². The molecule has 0 amide bonds. The third-order valence-electron chi connectivity index (χ3n) is 3.72. The van der Waals surface area contributed by atoms with E-state index in [2.05, 4.69) is 70.5 Å². The molecule has 0 aliphatic heterocycles. The second-order valence-corrected chi connectivity index (χ2v) is 7.21. The van der Waals surface area contributed by atoms with Crippen LogP contribution < -0.4 is 0 Å². The van der Waals surface area contributed by atoms with E-state index in [1.165, 1.54) is 25.9 Å². The van der Waals surface area contributed by atoms with Gasteiger partial charge in [-0.25, -0.2) is 0 Å². The zero-order chi connectivity index (χ0) is 15.1. The Morgan fingerprint density at radius 2 is 1.77 bits per heavy atom. The average Bonchev–Trinajstić information content (AvgIpc) is 2.84. The van der Waals surface area contributed by atoms with E-state index in [9.17, 15) is 0 Å². The molecule has 4 aromatic rings. The first-order chi connectivity index (χ1) is 10.7. The quantitative estimate of drug-likeness (QED) is 0.385. The van der Waals surface area contributed by atoms with Gasteiger partial charge in [-0.15, -0.1) is 0 Å². The summed E-state index contributed by atoms with van der Waals surface area (Å²) in [5.41, 5.74) is 0.950. The molecule has 22 heavy (non-hydrogen) atoms. The fraction of sp³-hybridized carbons (Fsp3) is 0.0526. The van der Waals surface area contributed by atoms with E-state index in [-0.39, 0.29) is 0 Å². The molecular formula is C19H13BrOS. The van der Waals surface area contributed by atoms with Crippen molar-refractivity contribution < 1.29 is 4.42 Å². The van der Waals surface area contributed by atoms with E-state index in [1.807, 2.05) is 13.0 Å². The van der Waals surface area contributed by atoms with Crippen molar-refractivity contribution in [2.75, 3.05) is 0 Å². The molecule has 0 fully saturated rings. The van der Waals surface area contributed by atoms with Crippen LogP contribution in [0.2, 0.25) is 0 Å². The van der Waals surface area contributed by atoms with E-state index in [4.69, 9.17) is 4.42 Å². The van der Waals surface area contributed by atoms with Crippen LogP contribution in [0.15, 0.2) is 79.3 Å². The lowest BCUT2D eigenvalue weighted by atomic mass is 10.1. The first-order valence-electron chi connectivity index (χ1n) is 7.06. The highest BCUT2D eigenvalue weighted by Gasteiger charge is 2.15. The van der Waals surface area contributed by atoms with Gasteiger partial charge in [-0.3, -0.25) is 0 Å². The van der Waals surface area contributed by atoms with Gasteiger partial charge >= 0.3 is 0 Å². The van der Waals surface area contributed by atoms with Crippen LogP contribution >= 0.6 is 27.7 Å². The second kappa shape index (κ2) is 5.49. The molecule has 0 N–H and O–H groups in total. The third-order valence-corrected chi connectivity index (χ3v) is 5.41. The normalized spacial score (nSPS) is 11.4. The fourth-order valence-corrected chi connectivity index (χ4v) is 4.12. The van der Waals surface area contributed by atoms with Crippen molar-refractivity contribution in [3.05, 3.63) is 70.9 Å². The van der Waals surface area contributed by atoms with Crippen LogP contribution in [0.5, 0.6) is 0 Å². The average molecular weight is 369 g/mol. The van der Waals surface area contributed by atoms with E-state index in [1.54, 1.807) is 11.8 Å². The molecule has 3 heteroatoms. The molecule has 0 spiro atoms. The molecule has 0 saturated carbocycles. The summed E-state index contributed by atoms with van der Waals surface area (Å²) in [6.07, 6.45) is 0. The summed E-state index contributed by atoms with van der Waals surface area (Å²) >= 11 is 5.31. The Bertz CT molecular complexity index is 973. The second-order valence-electron chi connectivity index (χ2n) is 5.21. The lowest BCUT2D eigenvalue weighted by Crippen LogP contribution is -1.78. The molecular weight excluding hydrogens is 356 g/mol. The van der Waals surface area contributed by atoms with Crippen molar-refractivity contribution in [2.24, 2.45) is 0 Å². The number of rotatable bonds is 2. The molecule has 1 nitrogen and oxygen atoms in total. The number of halogens is 1. The number of hydrogen-bond acceptors (Lipinski definition) is 2. The summed E-state index contributed by atoms with van der Waals surface area (Å²) in [5.74, 6) is 0.972. The highest BCUT2D eigenvalue weighted by molar-refractivity contribution is 9.10. The lowest BCUT2D eigenvalue weighted by molar-refractivity contribution is 0.568. The highest BCUT2D eigenvalue weighted by Crippen LogP contribution is 2.41. The number of benzene rings is 3. The SMILES string of the molecule is Cc1oc2ccc3cc(Br)ccc3c2c1Sc1ccccc1. The molecule has 0 unspecified atom stereocenters. The maximum absolute atomic E-state index is 5.98. The van der Waals surface area contributed by atoms with E-state index in [0.717, 1.165) is 15.8 Å². The van der Waals surface area contributed by atoms with Crippen molar-refractivity contribution in [3.63, 3.8) is 0 Å². The van der Waals surface area contributed by atoms with Gasteiger partial charge in [0.25, 0.3) is 0 Å². The molecule has 4 rings (SSSR count). The summed E-state index contributed by atoms with van der Waals surface area (Å²) in [6, 6.07) is 21.0. The Morgan fingerprint density at radius 3 is 2.59 bits per heavy atom. The predicted octanol–water partition coefficient (Wildman–Crippen LogP) is 6.81. The van der Waals surface area contributed by atoms with Crippen LogP contribution in [0, 0.1) is 6.92 Å². The van der Waals surface area contributed by atoms with Crippen molar-refractivity contribution >= 4 is 49.4 Å². The van der Waals surface area contributed by atoms with Gasteiger partial charge in [-0.05, 0) is 48.0 Å². The van der Waals surface area contributed by atoms with Crippen molar-refractivity contribution in [2.45, 2.75) is 16.7 Å². The lowest BCUT2D eigenvalue weighted by Gasteiger charge is -2.04. The summed E-state index contributed by atoms with van der Waals surface area (Å²) in [7, 11) is 0. The monoisotopic (exact) mass is 368 g/mol. The van der Waals surface area contributed by atoms with Crippen molar-refractivity contribution in [3.8, 4) is 0 Å². The van der Waals surface area contributed by atoms with E-state index < -0.39 is 0 Å². The number of aryl methyl sites for hydroxylation is 1. The topological polar surface area (TPSA) is 13.1 Å². The van der Waals surface area contributed by atoms with Gasteiger partial charge in [0.05, 0.1) is 4.90 Å². The van der Waals surface area contributed by atoms with Crippen LogP contribution in [-0.4, -0.2) is 0 Å². The maximum atomic E-state index is 5.98. The van der Waals surface area contributed by atoms with Crippen molar-refractivity contribution in [1.82, 2.24) is 0 Å². The fourth-order valence-electron chi connectivity index (χ4n) is 2.72. The van der Waals surface area contributed by atoms with Crippen LogP contribution in [0.3, 0.4) is 0 Å². The Balaban J connectivity index is 1.99. The molecule has 1 aromatic heterocycles. The first kappa shape index (κ1) is 13.9. The van der Waals surface area contributed by atoms with Gasteiger partial charge in [-0.2, -0.15) is 0 Å². The third kappa shape index (κ3) is 2.34. The number of hydrogen-bond donors (Lipinski definition) is 0. The Labute approximate surface area is 141 Å². The standard InChI is InChI=1S/C19H13BrOS/c1-12-19(22-15-5-3-2-4-6-15)18-16-9-8-14(20)11-13(16)7-10-17(18)21-12/h2-11H,1H3. The molecule has 0 aliphatic rings. The molecule has 0 bridgehead atoms. The van der Waals surface area contributed by atoms with Gasteiger partial charge in [0, 0.05) is 14.8 Å². The number of fused-ring (bicyclic) bond motifs is 3.